The van der Waals surface area contributed by atoms with Crippen molar-refractivity contribution in [3.63, 3.8) is 0 Å². The fraction of sp³-hybridized carbons (Fsp3) is 0.160. The van der Waals surface area contributed by atoms with E-state index in [0.717, 1.165) is 20.3 Å². The molecule has 3 aromatic rings. The highest BCUT2D eigenvalue weighted by atomic mass is 32.2. The van der Waals surface area contributed by atoms with Gasteiger partial charge in [0.15, 0.2) is 0 Å². The van der Waals surface area contributed by atoms with Gasteiger partial charge in [-0.1, -0.05) is 72.4 Å². The number of carbonyl (C=O) groups is 3. The Morgan fingerprint density at radius 3 is 2.31 bits per heavy atom. The molecule has 1 fully saturated rings. The molecule has 0 aliphatic carbocycles. The second-order valence-corrected chi connectivity index (χ2v) is 8.59. The Bertz CT molecular complexity index is 1120. The van der Waals surface area contributed by atoms with Crippen molar-refractivity contribution in [1.82, 2.24) is 10.2 Å². The molecular weight excluding hydrogens is 422 g/mol. The lowest BCUT2D eigenvalue weighted by atomic mass is 10.1. The van der Waals surface area contributed by atoms with Crippen molar-refractivity contribution < 1.29 is 14.4 Å². The van der Waals surface area contributed by atoms with Gasteiger partial charge in [0, 0.05) is 16.2 Å². The maximum Gasteiger partial charge on any atom is 0.325 e. The van der Waals surface area contributed by atoms with E-state index in [1.807, 2.05) is 78.9 Å². The Morgan fingerprint density at radius 1 is 0.969 bits per heavy atom. The summed E-state index contributed by atoms with van der Waals surface area (Å²) in [4.78, 5) is 41.3. The Balaban J connectivity index is 1.45. The van der Waals surface area contributed by atoms with Crippen LogP contribution in [0.5, 0.6) is 0 Å². The Hall–Kier alpha value is -3.58. The minimum atomic E-state index is -0.946. The van der Waals surface area contributed by atoms with Crippen LogP contribution in [0.3, 0.4) is 0 Å². The smallest absolute Gasteiger partial charge is 0.325 e. The zero-order chi connectivity index (χ0) is 22.5. The highest BCUT2D eigenvalue weighted by Crippen LogP contribution is 2.33. The molecule has 7 heteroatoms. The summed E-state index contributed by atoms with van der Waals surface area (Å²) in [7, 11) is 0. The molecule has 0 saturated carbocycles. The van der Waals surface area contributed by atoms with E-state index < -0.39 is 29.9 Å². The van der Waals surface area contributed by atoms with E-state index in [-0.39, 0.29) is 0 Å². The molecule has 0 bridgehead atoms. The molecule has 32 heavy (non-hydrogen) atoms. The van der Waals surface area contributed by atoms with Gasteiger partial charge in [-0.2, -0.15) is 0 Å². The average molecular weight is 446 g/mol. The van der Waals surface area contributed by atoms with Crippen LogP contribution in [0.4, 0.5) is 10.5 Å². The molecule has 0 radical (unpaired) electrons. The number of amides is 4. The van der Waals surface area contributed by atoms with Gasteiger partial charge in [-0.15, -0.1) is 0 Å². The second kappa shape index (κ2) is 9.70. The lowest BCUT2D eigenvalue weighted by molar-refractivity contribution is -0.133. The van der Waals surface area contributed by atoms with Gasteiger partial charge in [-0.3, -0.25) is 14.5 Å². The maximum atomic E-state index is 13.0. The maximum absolute atomic E-state index is 13.0. The molecule has 1 saturated heterocycles. The number of nitrogens with zero attached hydrogens (tertiary/aromatic N) is 1. The Labute approximate surface area is 191 Å². The summed E-state index contributed by atoms with van der Waals surface area (Å²) >= 11 is 1.53. The molecule has 0 aromatic heterocycles. The molecule has 6 nitrogen and oxygen atoms in total. The number of imide groups is 1. The van der Waals surface area contributed by atoms with Crippen LogP contribution in [-0.2, 0) is 16.0 Å². The van der Waals surface area contributed by atoms with E-state index in [9.17, 15) is 14.4 Å². The van der Waals surface area contributed by atoms with Crippen LogP contribution in [0.2, 0.25) is 0 Å². The molecular formula is C25H23N3O3S. The molecule has 0 unspecified atom stereocenters. The van der Waals surface area contributed by atoms with E-state index >= 15 is 0 Å². The van der Waals surface area contributed by atoms with E-state index in [1.54, 1.807) is 13.0 Å². The van der Waals surface area contributed by atoms with Crippen molar-refractivity contribution in [3.05, 3.63) is 90.5 Å². The normalized spacial score (nSPS) is 16.5. The van der Waals surface area contributed by atoms with Gasteiger partial charge in [0.05, 0.1) is 5.69 Å². The molecule has 2 N–H and O–H groups in total. The first-order chi connectivity index (χ1) is 15.5. The van der Waals surface area contributed by atoms with Gasteiger partial charge in [0.25, 0.3) is 5.91 Å². The molecule has 1 aliphatic rings. The third kappa shape index (κ3) is 4.84. The third-order valence-electron chi connectivity index (χ3n) is 5.22. The van der Waals surface area contributed by atoms with E-state index in [4.69, 9.17) is 0 Å². The summed E-state index contributed by atoms with van der Waals surface area (Å²) in [6.45, 7) is 1.56. The number of hydrogen-bond acceptors (Lipinski definition) is 4. The molecule has 2 atom stereocenters. The largest absolute Gasteiger partial charge is 0.325 e. The minimum Gasteiger partial charge on any atom is -0.325 e. The lowest BCUT2D eigenvalue weighted by Gasteiger charge is -2.21. The first-order valence-electron chi connectivity index (χ1n) is 10.3. The quantitative estimate of drug-likeness (QED) is 0.531. The summed E-state index contributed by atoms with van der Waals surface area (Å²) in [6, 6.07) is 24.6. The van der Waals surface area contributed by atoms with Crippen LogP contribution >= 0.6 is 11.8 Å². The molecule has 4 amide bonds. The van der Waals surface area contributed by atoms with Crippen molar-refractivity contribution >= 4 is 35.3 Å². The zero-order valence-corrected chi connectivity index (χ0v) is 18.3. The summed E-state index contributed by atoms with van der Waals surface area (Å²) in [5, 5.41) is 5.58. The van der Waals surface area contributed by atoms with Crippen LogP contribution in [0.15, 0.2) is 94.7 Å². The van der Waals surface area contributed by atoms with Crippen LogP contribution in [0, 0.1) is 0 Å². The molecule has 1 heterocycles. The van der Waals surface area contributed by atoms with Crippen LogP contribution in [0.1, 0.15) is 12.5 Å². The van der Waals surface area contributed by atoms with Crippen molar-refractivity contribution in [1.29, 1.82) is 0 Å². The van der Waals surface area contributed by atoms with Crippen molar-refractivity contribution in [2.45, 2.75) is 35.2 Å². The predicted octanol–water partition coefficient (Wildman–Crippen LogP) is 4.33. The average Bonchev–Trinajstić information content (AvgIpc) is 3.08. The van der Waals surface area contributed by atoms with Crippen molar-refractivity contribution in [2.75, 3.05) is 5.32 Å². The predicted molar refractivity (Wildman–Crippen MR) is 124 cm³/mol. The fourth-order valence-corrected chi connectivity index (χ4v) is 4.45. The lowest BCUT2D eigenvalue weighted by Crippen LogP contribution is -2.46. The summed E-state index contributed by atoms with van der Waals surface area (Å²) < 4.78 is 0. The van der Waals surface area contributed by atoms with Gasteiger partial charge < -0.3 is 10.6 Å². The highest BCUT2D eigenvalue weighted by Gasteiger charge is 2.42. The van der Waals surface area contributed by atoms with Gasteiger partial charge >= 0.3 is 6.03 Å². The number of benzene rings is 3. The van der Waals surface area contributed by atoms with Crippen LogP contribution < -0.4 is 10.6 Å². The fourth-order valence-electron chi connectivity index (χ4n) is 3.53. The standard InChI is InChI=1S/C25H23N3O3S/c1-17(28-24(30)21(27-25(28)31)16-18-10-4-2-5-11-18)23(29)26-20-14-8-9-15-22(20)32-19-12-6-3-7-13-19/h2-15,17,21H,16H2,1H3,(H,26,29)(H,27,31)/t17-,21-/m0/s1. The van der Waals surface area contributed by atoms with Crippen molar-refractivity contribution in [2.24, 2.45) is 0 Å². The van der Waals surface area contributed by atoms with Crippen LogP contribution in [0.25, 0.3) is 0 Å². The number of nitrogens with one attached hydrogen (secondary N) is 2. The SMILES string of the molecule is C[C@@H](C(=O)Nc1ccccc1Sc1ccccc1)N1C(=O)N[C@@H](Cc2ccccc2)C1=O. The highest BCUT2D eigenvalue weighted by molar-refractivity contribution is 7.99. The van der Waals surface area contributed by atoms with Gasteiger partial charge in [0.2, 0.25) is 5.91 Å². The number of para-hydroxylation sites is 1. The summed E-state index contributed by atoms with van der Waals surface area (Å²) in [5.74, 6) is -0.816. The first-order valence-corrected chi connectivity index (χ1v) is 11.1. The van der Waals surface area contributed by atoms with Crippen LogP contribution in [-0.4, -0.2) is 34.8 Å². The third-order valence-corrected chi connectivity index (χ3v) is 6.30. The molecule has 3 aromatic carbocycles. The number of carbonyl (C=O) groups excluding carboxylic acids is 3. The monoisotopic (exact) mass is 445 g/mol. The second-order valence-electron chi connectivity index (χ2n) is 7.48. The molecule has 1 aliphatic heterocycles. The topological polar surface area (TPSA) is 78.5 Å². The van der Waals surface area contributed by atoms with E-state index in [2.05, 4.69) is 10.6 Å². The molecule has 4 rings (SSSR count). The van der Waals surface area contributed by atoms with Gasteiger partial charge in [0.1, 0.15) is 12.1 Å². The number of rotatable bonds is 7. The van der Waals surface area contributed by atoms with E-state index in [1.165, 1.54) is 11.8 Å². The van der Waals surface area contributed by atoms with Crippen molar-refractivity contribution in [3.8, 4) is 0 Å². The van der Waals surface area contributed by atoms with Gasteiger partial charge in [-0.25, -0.2) is 4.79 Å². The van der Waals surface area contributed by atoms with E-state index in [0.29, 0.717) is 12.1 Å². The first kappa shape index (κ1) is 21.6. The summed E-state index contributed by atoms with van der Waals surface area (Å²) in [5.41, 5.74) is 1.57. The molecule has 162 valence electrons. The zero-order valence-electron chi connectivity index (χ0n) is 17.5. The number of anilines is 1. The van der Waals surface area contributed by atoms with Gasteiger partial charge in [-0.05, 0) is 36.8 Å². The molecule has 0 spiro atoms. The summed E-state index contributed by atoms with van der Waals surface area (Å²) in [6.07, 6.45) is 0.382. The Kier molecular flexibility index (Phi) is 6.56. The number of hydrogen-bond donors (Lipinski definition) is 2. The minimum absolute atomic E-state index is 0.382. The Morgan fingerprint density at radius 2 is 1.59 bits per heavy atom. The number of urea groups is 1.